The molecule has 1 aliphatic rings. The van der Waals surface area contributed by atoms with Crippen LogP contribution in [0.15, 0.2) is 24.3 Å². The number of para-hydroxylation sites is 1. The van der Waals surface area contributed by atoms with Gasteiger partial charge in [-0.15, -0.1) is 0 Å². The summed E-state index contributed by atoms with van der Waals surface area (Å²) >= 11 is 0. The second-order valence-electron chi connectivity index (χ2n) is 6.56. The molecule has 0 aromatic heterocycles. The van der Waals surface area contributed by atoms with Gasteiger partial charge in [-0.05, 0) is 24.6 Å². The van der Waals surface area contributed by atoms with Crippen LogP contribution < -0.4 is 5.32 Å². The van der Waals surface area contributed by atoms with Crippen molar-refractivity contribution in [3.63, 3.8) is 0 Å². The maximum absolute atomic E-state index is 12.4. The minimum absolute atomic E-state index is 0.0267. The summed E-state index contributed by atoms with van der Waals surface area (Å²) in [6.45, 7) is 6.57. The van der Waals surface area contributed by atoms with Crippen molar-refractivity contribution in [2.45, 2.75) is 26.2 Å². The Labute approximate surface area is 144 Å². The normalized spacial score (nSPS) is 17.2. The van der Waals surface area contributed by atoms with Crippen molar-refractivity contribution in [1.82, 2.24) is 9.21 Å². The Morgan fingerprint density at radius 2 is 1.79 bits per heavy atom. The van der Waals surface area contributed by atoms with E-state index in [-0.39, 0.29) is 24.0 Å². The Balaban J connectivity index is 1.91. The number of nitrogens with one attached hydrogen (secondary N) is 1. The van der Waals surface area contributed by atoms with Crippen LogP contribution in [0.4, 0.5) is 5.69 Å². The minimum Gasteiger partial charge on any atom is -0.326 e. The molecule has 1 fully saturated rings. The van der Waals surface area contributed by atoms with E-state index in [1.54, 1.807) is 0 Å². The van der Waals surface area contributed by atoms with Gasteiger partial charge in [-0.1, -0.05) is 32.0 Å². The number of nitrogens with zero attached hydrogens (tertiary/aromatic N) is 2. The standard InChI is InChI=1S/C17H27N3O3S/c1-14(2)15-6-4-5-7-16(15)18-17(21)8-13-24(22,23)20-11-9-19(3)10-12-20/h4-7,14H,8-13H2,1-3H3,(H,18,21). The Bertz CT molecular complexity index is 665. The highest BCUT2D eigenvalue weighted by atomic mass is 32.2. The van der Waals surface area contributed by atoms with Crippen molar-refractivity contribution < 1.29 is 13.2 Å². The van der Waals surface area contributed by atoms with Crippen molar-refractivity contribution in [2.24, 2.45) is 0 Å². The van der Waals surface area contributed by atoms with Crippen LogP contribution in [0.25, 0.3) is 0 Å². The maximum Gasteiger partial charge on any atom is 0.225 e. The largest absolute Gasteiger partial charge is 0.326 e. The number of carbonyl (C=O) groups is 1. The molecule has 1 N–H and O–H groups in total. The lowest BCUT2D eigenvalue weighted by atomic mass is 10.0. The van der Waals surface area contributed by atoms with E-state index in [9.17, 15) is 13.2 Å². The van der Waals surface area contributed by atoms with Gasteiger partial charge < -0.3 is 10.2 Å². The van der Waals surface area contributed by atoms with Gasteiger partial charge in [0.1, 0.15) is 0 Å². The van der Waals surface area contributed by atoms with Gasteiger partial charge in [-0.25, -0.2) is 8.42 Å². The van der Waals surface area contributed by atoms with E-state index >= 15 is 0 Å². The van der Waals surface area contributed by atoms with E-state index in [1.165, 1.54) is 4.31 Å². The second kappa shape index (κ2) is 8.09. The van der Waals surface area contributed by atoms with Crippen molar-refractivity contribution in [1.29, 1.82) is 0 Å². The van der Waals surface area contributed by atoms with Gasteiger partial charge in [-0.2, -0.15) is 4.31 Å². The lowest BCUT2D eigenvalue weighted by molar-refractivity contribution is -0.115. The summed E-state index contributed by atoms with van der Waals surface area (Å²) in [6, 6.07) is 7.62. The molecule has 1 saturated heterocycles. The molecule has 1 aliphatic heterocycles. The average Bonchev–Trinajstić information content (AvgIpc) is 2.54. The lowest BCUT2D eigenvalue weighted by Gasteiger charge is -2.31. The molecule has 0 atom stereocenters. The van der Waals surface area contributed by atoms with Gasteiger partial charge in [0, 0.05) is 38.3 Å². The van der Waals surface area contributed by atoms with Crippen molar-refractivity contribution >= 4 is 21.6 Å². The fourth-order valence-corrected chi connectivity index (χ4v) is 4.17. The Morgan fingerprint density at radius 3 is 2.42 bits per heavy atom. The average molecular weight is 353 g/mol. The van der Waals surface area contributed by atoms with Gasteiger partial charge in [0.15, 0.2) is 0 Å². The number of likely N-dealkylation sites (N-methyl/N-ethyl adjacent to an activating group) is 1. The second-order valence-corrected chi connectivity index (χ2v) is 8.65. The molecule has 0 bridgehead atoms. The first-order valence-corrected chi connectivity index (χ1v) is 9.95. The Kier molecular flexibility index (Phi) is 6.37. The van der Waals surface area contributed by atoms with E-state index in [1.807, 2.05) is 31.3 Å². The van der Waals surface area contributed by atoms with Gasteiger partial charge in [-0.3, -0.25) is 4.79 Å². The van der Waals surface area contributed by atoms with E-state index in [2.05, 4.69) is 24.1 Å². The van der Waals surface area contributed by atoms with Crippen LogP contribution in [0.3, 0.4) is 0 Å². The van der Waals surface area contributed by atoms with Gasteiger partial charge in [0.25, 0.3) is 0 Å². The summed E-state index contributed by atoms with van der Waals surface area (Å²) in [5, 5.41) is 2.84. The molecule has 7 heteroatoms. The zero-order chi connectivity index (χ0) is 17.7. The monoisotopic (exact) mass is 353 g/mol. The molecular formula is C17H27N3O3S. The highest BCUT2D eigenvalue weighted by Crippen LogP contribution is 2.23. The van der Waals surface area contributed by atoms with Crippen LogP contribution in [-0.2, 0) is 14.8 Å². The Hall–Kier alpha value is -1.44. The number of hydrogen-bond acceptors (Lipinski definition) is 4. The molecule has 2 rings (SSSR count). The topological polar surface area (TPSA) is 69.7 Å². The number of benzene rings is 1. The first-order valence-electron chi connectivity index (χ1n) is 8.35. The molecule has 0 aliphatic carbocycles. The minimum atomic E-state index is -3.37. The number of sulfonamides is 1. The van der Waals surface area contributed by atoms with Crippen LogP contribution in [0.1, 0.15) is 31.7 Å². The first kappa shape index (κ1) is 18.9. The molecule has 1 amide bonds. The number of carbonyl (C=O) groups excluding carboxylic acids is 1. The van der Waals surface area contributed by atoms with Gasteiger partial charge in [0.05, 0.1) is 5.75 Å². The number of amides is 1. The van der Waals surface area contributed by atoms with E-state index in [0.29, 0.717) is 13.1 Å². The molecule has 0 radical (unpaired) electrons. The number of piperazine rings is 1. The molecular weight excluding hydrogens is 326 g/mol. The summed E-state index contributed by atoms with van der Waals surface area (Å²) in [7, 11) is -1.40. The lowest BCUT2D eigenvalue weighted by Crippen LogP contribution is -2.48. The van der Waals surface area contributed by atoms with Crippen molar-refractivity contribution in [3.8, 4) is 0 Å². The zero-order valence-corrected chi connectivity index (χ0v) is 15.5. The third-order valence-corrected chi connectivity index (χ3v) is 6.17. The zero-order valence-electron chi connectivity index (χ0n) is 14.7. The summed E-state index contributed by atoms with van der Waals surface area (Å²) in [4.78, 5) is 14.3. The molecule has 1 aromatic carbocycles. The van der Waals surface area contributed by atoms with Crippen LogP contribution in [-0.4, -0.2) is 62.5 Å². The Morgan fingerprint density at radius 1 is 1.17 bits per heavy atom. The molecule has 0 saturated carbocycles. The summed E-state index contributed by atoms with van der Waals surface area (Å²) < 4.78 is 26.2. The highest BCUT2D eigenvalue weighted by Gasteiger charge is 2.26. The van der Waals surface area contributed by atoms with Crippen molar-refractivity contribution in [2.75, 3.05) is 44.3 Å². The number of hydrogen-bond donors (Lipinski definition) is 1. The molecule has 0 unspecified atom stereocenters. The summed E-state index contributed by atoms with van der Waals surface area (Å²) in [6.07, 6.45) is -0.0267. The molecule has 1 heterocycles. The summed E-state index contributed by atoms with van der Waals surface area (Å²) in [5.41, 5.74) is 1.81. The molecule has 1 aromatic rings. The molecule has 134 valence electrons. The first-order chi connectivity index (χ1) is 11.3. The highest BCUT2D eigenvalue weighted by molar-refractivity contribution is 7.89. The van der Waals surface area contributed by atoms with Crippen molar-refractivity contribution in [3.05, 3.63) is 29.8 Å². The molecule has 6 nitrogen and oxygen atoms in total. The quantitative estimate of drug-likeness (QED) is 0.845. The molecule has 24 heavy (non-hydrogen) atoms. The van der Waals surface area contributed by atoms with Crippen LogP contribution in [0.5, 0.6) is 0 Å². The third kappa shape index (κ3) is 5.03. The predicted octanol–water partition coefficient (Wildman–Crippen LogP) is 1.72. The van der Waals surface area contributed by atoms with E-state index in [0.717, 1.165) is 24.3 Å². The van der Waals surface area contributed by atoms with Gasteiger partial charge in [0.2, 0.25) is 15.9 Å². The predicted molar refractivity (Wildman–Crippen MR) is 96.6 cm³/mol. The van der Waals surface area contributed by atoms with Crippen LogP contribution in [0, 0.1) is 0 Å². The molecule has 0 spiro atoms. The summed E-state index contributed by atoms with van der Waals surface area (Å²) in [5.74, 6) is -0.122. The SMILES string of the molecule is CC(C)c1ccccc1NC(=O)CCS(=O)(=O)N1CCN(C)CC1. The number of anilines is 1. The van der Waals surface area contributed by atoms with Crippen LogP contribution in [0.2, 0.25) is 0 Å². The fourth-order valence-electron chi connectivity index (χ4n) is 2.74. The maximum atomic E-state index is 12.4. The van der Waals surface area contributed by atoms with E-state index < -0.39 is 10.0 Å². The van der Waals surface area contributed by atoms with E-state index in [4.69, 9.17) is 0 Å². The smallest absolute Gasteiger partial charge is 0.225 e. The number of rotatable bonds is 6. The van der Waals surface area contributed by atoms with Gasteiger partial charge >= 0.3 is 0 Å². The fraction of sp³-hybridized carbons (Fsp3) is 0.588. The van der Waals surface area contributed by atoms with Crippen LogP contribution >= 0.6 is 0 Å². The third-order valence-electron chi connectivity index (χ3n) is 4.30.